The van der Waals surface area contributed by atoms with E-state index in [1.807, 2.05) is 24.3 Å². The fraction of sp³-hybridized carbons (Fsp3) is 0.167. The van der Waals surface area contributed by atoms with Crippen molar-refractivity contribution in [2.45, 2.75) is 26.2 Å². The van der Waals surface area contributed by atoms with Gasteiger partial charge in [-0.2, -0.15) is 0 Å². The van der Waals surface area contributed by atoms with Gasteiger partial charge < -0.3 is 20.5 Å². The van der Waals surface area contributed by atoms with E-state index in [9.17, 15) is 9.59 Å². The fourth-order valence-electron chi connectivity index (χ4n) is 3.14. The molecule has 0 atom stereocenters. The minimum absolute atomic E-state index is 0.0288. The van der Waals surface area contributed by atoms with Gasteiger partial charge in [-0.05, 0) is 23.6 Å². The first-order valence-corrected chi connectivity index (χ1v) is 11.2. The maximum atomic E-state index is 12.6. The van der Waals surface area contributed by atoms with Crippen molar-refractivity contribution < 1.29 is 19.1 Å². The molecule has 0 unspecified atom stereocenters. The summed E-state index contributed by atoms with van der Waals surface area (Å²) in [5.74, 6) is 0.988. The number of pyridine rings is 1. The molecule has 2 aromatic carbocycles. The molecule has 0 radical (unpaired) electrons. The second-order valence-electron chi connectivity index (χ2n) is 8.37. The quantitative estimate of drug-likeness (QED) is 0.329. The van der Waals surface area contributed by atoms with Crippen LogP contribution in [0.5, 0.6) is 17.4 Å². The first-order chi connectivity index (χ1) is 16.2. The van der Waals surface area contributed by atoms with Crippen LogP contribution in [0.4, 0.5) is 20.4 Å². The van der Waals surface area contributed by atoms with Crippen LogP contribution in [-0.2, 0) is 5.41 Å². The number of aromatic nitrogens is 2. The summed E-state index contributed by atoms with van der Waals surface area (Å²) in [6.45, 7) is 6.28. The van der Waals surface area contributed by atoms with E-state index in [1.165, 1.54) is 23.6 Å². The number of nitrogens with two attached hydrogens (primary N) is 1. The molecule has 2 aromatic heterocycles. The van der Waals surface area contributed by atoms with E-state index < -0.39 is 12.1 Å². The van der Waals surface area contributed by atoms with Crippen LogP contribution in [-0.4, -0.2) is 22.1 Å². The van der Waals surface area contributed by atoms with Crippen LogP contribution < -0.4 is 25.8 Å². The highest BCUT2D eigenvalue weighted by atomic mass is 32.1. The zero-order valence-corrected chi connectivity index (χ0v) is 19.6. The van der Waals surface area contributed by atoms with Crippen molar-refractivity contribution in [1.29, 1.82) is 0 Å². The number of ether oxygens (including phenoxy) is 2. The Morgan fingerprint density at radius 2 is 1.76 bits per heavy atom. The molecule has 4 aromatic rings. The summed E-state index contributed by atoms with van der Waals surface area (Å²) >= 11 is 1.44. The second-order valence-corrected chi connectivity index (χ2v) is 9.40. The zero-order valence-electron chi connectivity index (χ0n) is 18.8. The predicted molar refractivity (Wildman–Crippen MR) is 132 cm³/mol. The van der Waals surface area contributed by atoms with Gasteiger partial charge in [-0.15, -0.1) is 11.3 Å². The molecule has 10 heteroatoms. The molecule has 0 fully saturated rings. The number of carbonyl (C=O) groups excluding carboxylic acids is 2. The highest BCUT2D eigenvalue weighted by molar-refractivity contribution is 7.15. The summed E-state index contributed by atoms with van der Waals surface area (Å²) in [5, 5.41) is 7.76. The molecule has 4 rings (SSSR count). The minimum atomic E-state index is -0.962. The minimum Gasteiger partial charge on any atom is -0.456 e. The normalized spacial score (nSPS) is 11.1. The molecule has 0 spiro atoms. The molecule has 0 aliphatic heterocycles. The lowest BCUT2D eigenvalue weighted by Crippen LogP contribution is -2.19. The number of benzene rings is 2. The lowest BCUT2D eigenvalue weighted by atomic mass is 9.96. The van der Waals surface area contributed by atoms with Gasteiger partial charge in [-0.3, -0.25) is 5.32 Å². The van der Waals surface area contributed by atoms with Crippen LogP contribution in [0.15, 0.2) is 60.9 Å². The number of rotatable bonds is 5. The third kappa shape index (κ3) is 5.41. The Bertz CT molecular complexity index is 1360. The van der Waals surface area contributed by atoms with Crippen LogP contribution in [0.2, 0.25) is 0 Å². The number of hydrogen-bond donors (Lipinski definition) is 3. The van der Waals surface area contributed by atoms with Crippen LogP contribution in [0.3, 0.4) is 0 Å². The first-order valence-electron chi connectivity index (χ1n) is 10.4. The molecule has 0 aliphatic rings. The Morgan fingerprint density at radius 1 is 1.00 bits per heavy atom. The number of thiazole rings is 1. The highest BCUT2D eigenvalue weighted by Crippen LogP contribution is 2.35. The number of carbonyl (C=O) groups is 2. The van der Waals surface area contributed by atoms with Gasteiger partial charge in [0.15, 0.2) is 5.13 Å². The van der Waals surface area contributed by atoms with Crippen molar-refractivity contribution in [3.63, 3.8) is 0 Å². The number of nitrogens with zero attached hydrogens (tertiary/aromatic N) is 2. The lowest BCUT2D eigenvalue weighted by molar-refractivity contribution is 0.209. The number of primary amides is 1. The largest absolute Gasteiger partial charge is 0.456 e. The van der Waals surface area contributed by atoms with E-state index in [2.05, 4.69) is 41.4 Å². The third-order valence-corrected chi connectivity index (χ3v) is 6.08. The van der Waals surface area contributed by atoms with Crippen molar-refractivity contribution in [2.24, 2.45) is 5.73 Å². The molecule has 0 saturated carbocycles. The molecule has 0 aliphatic carbocycles. The number of amides is 3. The molecule has 9 nitrogen and oxygen atoms in total. The van der Waals surface area contributed by atoms with Gasteiger partial charge in [0, 0.05) is 34.1 Å². The monoisotopic (exact) mass is 477 g/mol. The number of nitrogens with one attached hydrogen (secondary N) is 2. The van der Waals surface area contributed by atoms with Gasteiger partial charge >= 0.3 is 12.1 Å². The summed E-state index contributed by atoms with van der Waals surface area (Å²) in [7, 11) is 0. The fourth-order valence-corrected chi connectivity index (χ4v) is 4.01. The van der Waals surface area contributed by atoms with Crippen LogP contribution in [0.1, 0.15) is 25.6 Å². The maximum absolute atomic E-state index is 12.6. The average molecular weight is 478 g/mol. The van der Waals surface area contributed by atoms with Gasteiger partial charge in [0.05, 0.1) is 5.69 Å². The van der Waals surface area contributed by atoms with E-state index in [0.29, 0.717) is 22.3 Å². The summed E-state index contributed by atoms with van der Waals surface area (Å²) in [6.07, 6.45) is 2.26. The summed E-state index contributed by atoms with van der Waals surface area (Å²) in [6, 6.07) is 13.7. The average Bonchev–Trinajstić information content (AvgIpc) is 3.24. The molecule has 2 heterocycles. The number of urea groups is 1. The van der Waals surface area contributed by atoms with E-state index >= 15 is 0 Å². The van der Waals surface area contributed by atoms with Crippen molar-refractivity contribution in [1.82, 2.24) is 9.97 Å². The van der Waals surface area contributed by atoms with Crippen LogP contribution >= 0.6 is 11.3 Å². The Labute approximate surface area is 199 Å². The van der Waals surface area contributed by atoms with Gasteiger partial charge in [0.1, 0.15) is 11.5 Å². The Hall–Kier alpha value is -4.18. The summed E-state index contributed by atoms with van der Waals surface area (Å²) in [4.78, 5) is 32.9. The molecule has 34 heavy (non-hydrogen) atoms. The van der Waals surface area contributed by atoms with Crippen molar-refractivity contribution in [2.75, 3.05) is 10.6 Å². The van der Waals surface area contributed by atoms with Crippen molar-refractivity contribution in [3.05, 3.63) is 65.8 Å². The van der Waals surface area contributed by atoms with Crippen LogP contribution in [0.25, 0.3) is 10.8 Å². The lowest BCUT2D eigenvalue weighted by Gasteiger charge is -2.14. The van der Waals surface area contributed by atoms with Gasteiger partial charge in [-0.25, -0.2) is 19.6 Å². The Kier molecular flexibility index (Phi) is 6.33. The SMILES string of the molecule is CC(C)(C)c1cnc(NC(=O)Nc2ccc(Oc3ccnc(OC(N)=O)c3)c3ccccc23)s1. The maximum Gasteiger partial charge on any atom is 0.411 e. The molecule has 0 saturated heterocycles. The van der Waals surface area contributed by atoms with Crippen molar-refractivity contribution in [3.8, 4) is 17.4 Å². The summed E-state index contributed by atoms with van der Waals surface area (Å²) < 4.78 is 10.8. The second kappa shape index (κ2) is 9.36. The highest BCUT2D eigenvalue weighted by Gasteiger charge is 2.18. The van der Waals surface area contributed by atoms with E-state index in [0.717, 1.165) is 15.6 Å². The van der Waals surface area contributed by atoms with Gasteiger partial charge in [-0.1, -0.05) is 45.0 Å². The standard InChI is InChI=1S/C24H23N5O4S/c1-24(2,3)19-13-27-23(34-19)29-22(31)28-17-8-9-18(16-7-5-4-6-15(16)17)32-14-10-11-26-20(12-14)33-21(25)30/h4-13H,1-3H3,(H2,25,30)(H2,27,28,29,31). The number of fused-ring (bicyclic) bond motifs is 1. The molecule has 0 bridgehead atoms. The smallest absolute Gasteiger partial charge is 0.411 e. The predicted octanol–water partition coefficient (Wildman–Crippen LogP) is 5.88. The van der Waals surface area contributed by atoms with E-state index in [4.69, 9.17) is 15.2 Å². The van der Waals surface area contributed by atoms with Gasteiger partial charge in [0.2, 0.25) is 5.88 Å². The third-order valence-electron chi connectivity index (χ3n) is 4.74. The zero-order chi connectivity index (χ0) is 24.3. The molecule has 3 amide bonds. The van der Waals surface area contributed by atoms with Crippen LogP contribution in [0, 0.1) is 0 Å². The number of anilines is 2. The van der Waals surface area contributed by atoms with Crippen molar-refractivity contribution >= 4 is 45.1 Å². The molecule has 4 N–H and O–H groups in total. The Morgan fingerprint density at radius 3 is 2.47 bits per heavy atom. The summed E-state index contributed by atoms with van der Waals surface area (Å²) in [5.41, 5.74) is 5.61. The van der Waals surface area contributed by atoms with E-state index in [1.54, 1.807) is 24.4 Å². The molecular formula is C24H23N5O4S. The number of hydrogen-bond acceptors (Lipinski definition) is 7. The molecular weight excluding hydrogens is 454 g/mol. The van der Waals surface area contributed by atoms with E-state index in [-0.39, 0.29) is 11.3 Å². The first kappa shape index (κ1) is 23.0. The van der Waals surface area contributed by atoms with Gasteiger partial charge in [0.25, 0.3) is 0 Å². The molecule has 174 valence electrons. The Balaban J connectivity index is 1.54. The topological polar surface area (TPSA) is 128 Å².